The molecule has 0 bridgehead atoms. The first-order valence-corrected chi connectivity index (χ1v) is 7.42. The third kappa shape index (κ3) is 16.0. The fourth-order valence-electron chi connectivity index (χ4n) is 1.44. The second kappa shape index (κ2) is 17.0. The van der Waals surface area contributed by atoms with E-state index in [0.29, 0.717) is 6.10 Å². The van der Waals surface area contributed by atoms with E-state index >= 15 is 0 Å². The number of hydrogen-bond donors (Lipinski definition) is 2. The Morgan fingerprint density at radius 1 is 1.10 bits per heavy atom. The monoisotopic (exact) mass is 401 g/mol. The zero-order valence-corrected chi connectivity index (χ0v) is 15.7. The van der Waals surface area contributed by atoms with Crippen LogP contribution in [0.25, 0.3) is 0 Å². The van der Waals surface area contributed by atoms with Crippen LogP contribution in [-0.2, 0) is 9.47 Å². The van der Waals surface area contributed by atoms with Gasteiger partial charge >= 0.3 is 0 Å². The Hall–Kier alpha value is -0.0800. The molecule has 0 rings (SSSR count). The van der Waals surface area contributed by atoms with Crippen LogP contribution in [0.15, 0.2) is 4.99 Å². The van der Waals surface area contributed by atoms with Crippen molar-refractivity contribution in [2.75, 3.05) is 39.5 Å². The summed E-state index contributed by atoms with van der Waals surface area (Å²) in [5.74, 6) is 0.878. The van der Waals surface area contributed by atoms with Gasteiger partial charge in [0.05, 0.1) is 6.10 Å². The maximum Gasteiger partial charge on any atom is 0.191 e. The van der Waals surface area contributed by atoms with Crippen molar-refractivity contribution < 1.29 is 9.47 Å². The Kier molecular flexibility index (Phi) is 18.8. The van der Waals surface area contributed by atoms with Gasteiger partial charge in [-0.1, -0.05) is 0 Å². The van der Waals surface area contributed by atoms with Gasteiger partial charge in [-0.2, -0.15) is 0 Å². The summed E-state index contributed by atoms with van der Waals surface area (Å²) >= 11 is 0. The Morgan fingerprint density at radius 2 is 1.85 bits per heavy atom. The number of halogens is 1. The van der Waals surface area contributed by atoms with E-state index in [1.165, 1.54) is 0 Å². The molecule has 0 amide bonds. The topological polar surface area (TPSA) is 54.9 Å². The number of ether oxygens (including phenoxy) is 2. The molecule has 0 aliphatic carbocycles. The van der Waals surface area contributed by atoms with E-state index < -0.39 is 0 Å². The summed E-state index contributed by atoms with van der Waals surface area (Å²) in [4.78, 5) is 4.49. The van der Waals surface area contributed by atoms with E-state index in [0.717, 1.165) is 58.3 Å². The first-order chi connectivity index (χ1) is 9.20. The predicted molar refractivity (Wildman–Crippen MR) is 96.2 cm³/mol. The van der Waals surface area contributed by atoms with Crippen LogP contribution in [0, 0.1) is 0 Å². The van der Waals surface area contributed by atoms with E-state index in [9.17, 15) is 0 Å². The highest BCUT2D eigenvalue weighted by molar-refractivity contribution is 14.0. The third-order valence-corrected chi connectivity index (χ3v) is 2.33. The minimum Gasteiger partial charge on any atom is -0.382 e. The minimum atomic E-state index is 0. The van der Waals surface area contributed by atoms with Crippen LogP contribution >= 0.6 is 24.0 Å². The van der Waals surface area contributed by atoms with Gasteiger partial charge in [-0.05, 0) is 40.5 Å². The molecule has 122 valence electrons. The van der Waals surface area contributed by atoms with Crippen LogP contribution < -0.4 is 10.6 Å². The summed E-state index contributed by atoms with van der Waals surface area (Å²) in [6, 6.07) is 0. The number of guanidine groups is 1. The van der Waals surface area contributed by atoms with Crippen molar-refractivity contribution in [2.45, 2.75) is 46.6 Å². The molecular weight excluding hydrogens is 369 g/mol. The lowest BCUT2D eigenvalue weighted by Gasteiger charge is -2.12. The standard InChI is InChI=1S/C14H31N3O2.HI/c1-5-15-14(16-9-7-11-18-6-2)17-10-8-12-19-13(3)4;/h13H,5-12H2,1-4H3,(H2,15,16,17);1H. The molecule has 0 unspecified atom stereocenters. The maximum absolute atomic E-state index is 5.49. The Morgan fingerprint density at radius 3 is 2.45 bits per heavy atom. The van der Waals surface area contributed by atoms with Gasteiger partial charge in [-0.25, -0.2) is 0 Å². The molecule has 0 aliphatic rings. The quantitative estimate of drug-likeness (QED) is 0.242. The summed E-state index contributed by atoms with van der Waals surface area (Å²) in [6.45, 7) is 13.1. The largest absolute Gasteiger partial charge is 0.382 e. The van der Waals surface area contributed by atoms with Crippen molar-refractivity contribution in [1.82, 2.24) is 10.6 Å². The van der Waals surface area contributed by atoms with Crippen molar-refractivity contribution in [3.05, 3.63) is 0 Å². The van der Waals surface area contributed by atoms with Gasteiger partial charge in [0, 0.05) is 39.5 Å². The number of hydrogen-bond acceptors (Lipinski definition) is 3. The first-order valence-electron chi connectivity index (χ1n) is 7.42. The fraction of sp³-hybridized carbons (Fsp3) is 0.929. The fourth-order valence-corrected chi connectivity index (χ4v) is 1.44. The third-order valence-electron chi connectivity index (χ3n) is 2.33. The van der Waals surface area contributed by atoms with Crippen molar-refractivity contribution in [3.63, 3.8) is 0 Å². The lowest BCUT2D eigenvalue weighted by atomic mass is 10.4. The Bertz CT molecular complexity index is 226. The molecule has 20 heavy (non-hydrogen) atoms. The SMILES string of the molecule is CCNC(=NCCCOCC)NCCCOC(C)C.I. The van der Waals surface area contributed by atoms with Gasteiger partial charge in [0.15, 0.2) is 5.96 Å². The summed E-state index contributed by atoms with van der Waals surface area (Å²) in [6.07, 6.45) is 2.25. The van der Waals surface area contributed by atoms with E-state index in [1.54, 1.807) is 0 Å². The van der Waals surface area contributed by atoms with E-state index in [4.69, 9.17) is 9.47 Å². The molecule has 0 atom stereocenters. The highest BCUT2D eigenvalue weighted by Gasteiger charge is 1.97. The Labute approximate surface area is 141 Å². The van der Waals surface area contributed by atoms with Gasteiger partial charge in [0.25, 0.3) is 0 Å². The van der Waals surface area contributed by atoms with Crippen LogP contribution in [-0.4, -0.2) is 51.5 Å². The number of aliphatic imine (C=N–C) groups is 1. The van der Waals surface area contributed by atoms with Crippen LogP contribution in [0.1, 0.15) is 40.5 Å². The van der Waals surface area contributed by atoms with Crippen molar-refractivity contribution in [3.8, 4) is 0 Å². The molecule has 0 saturated carbocycles. The number of nitrogens with one attached hydrogen (secondary N) is 2. The van der Waals surface area contributed by atoms with Crippen LogP contribution in [0.3, 0.4) is 0 Å². The predicted octanol–water partition coefficient (Wildman–Crippen LogP) is 2.40. The lowest BCUT2D eigenvalue weighted by Crippen LogP contribution is -2.38. The van der Waals surface area contributed by atoms with E-state index in [-0.39, 0.29) is 24.0 Å². The summed E-state index contributed by atoms with van der Waals surface area (Å²) < 4.78 is 10.8. The highest BCUT2D eigenvalue weighted by Crippen LogP contribution is 1.89. The molecule has 0 radical (unpaired) electrons. The van der Waals surface area contributed by atoms with Gasteiger partial charge in [0.2, 0.25) is 0 Å². The molecule has 0 aromatic rings. The molecule has 0 aromatic carbocycles. The smallest absolute Gasteiger partial charge is 0.191 e. The normalized spacial score (nSPS) is 11.3. The summed E-state index contributed by atoms with van der Waals surface area (Å²) in [5.41, 5.74) is 0. The molecule has 0 spiro atoms. The first kappa shape index (κ1) is 22.2. The van der Waals surface area contributed by atoms with Crippen molar-refractivity contribution in [1.29, 1.82) is 0 Å². The molecule has 0 saturated heterocycles. The lowest BCUT2D eigenvalue weighted by molar-refractivity contribution is 0.0776. The van der Waals surface area contributed by atoms with Gasteiger partial charge < -0.3 is 20.1 Å². The van der Waals surface area contributed by atoms with Gasteiger partial charge in [-0.3, -0.25) is 4.99 Å². The molecule has 6 heteroatoms. The van der Waals surface area contributed by atoms with E-state index in [1.807, 2.05) is 6.92 Å². The average molecular weight is 401 g/mol. The number of rotatable bonds is 11. The molecule has 0 fully saturated rings. The van der Waals surface area contributed by atoms with Crippen LogP contribution in [0.5, 0.6) is 0 Å². The zero-order chi connectivity index (χ0) is 14.3. The van der Waals surface area contributed by atoms with Crippen molar-refractivity contribution in [2.24, 2.45) is 4.99 Å². The minimum absolute atomic E-state index is 0. The second-order valence-electron chi connectivity index (χ2n) is 4.51. The van der Waals surface area contributed by atoms with E-state index in [2.05, 4.69) is 36.4 Å². The van der Waals surface area contributed by atoms with Crippen LogP contribution in [0.2, 0.25) is 0 Å². The average Bonchev–Trinajstić information content (AvgIpc) is 2.37. The Balaban J connectivity index is 0. The molecule has 0 aromatic heterocycles. The van der Waals surface area contributed by atoms with Gasteiger partial charge in [-0.15, -0.1) is 24.0 Å². The maximum atomic E-state index is 5.49. The zero-order valence-electron chi connectivity index (χ0n) is 13.4. The molecular formula is C14H32IN3O2. The summed E-state index contributed by atoms with van der Waals surface area (Å²) in [5, 5.41) is 6.53. The van der Waals surface area contributed by atoms with Gasteiger partial charge in [0.1, 0.15) is 0 Å². The van der Waals surface area contributed by atoms with Crippen LogP contribution in [0.4, 0.5) is 0 Å². The molecule has 5 nitrogen and oxygen atoms in total. The van der Waals surface area contributed by atoms with Crippen molar-refractivity contribution >= 4 is 29.9 Å². The summed E-state index contributed by atoms with van der Waals surface area (Å²) in [7, 11) is 0. The number of nitrogens with zero attached hydrogens (tertiary/aromatic N) is 1. The molecule has 2 N–H and O–H groups in total. The molecule has 0 aliphatic heterocycles. The second-order valence-corrected chi connectivity index (χ2v) is 4.51. The molecule has 0 heterocycles. The highest BCUT2D eigenvalue weighted by atomic mass is 127.